The molecule has 0 aliphatic carbocycles. The lowest BCUT2D eigenvalue weighted by molar-refractivity contribution is 0.195. The van der Waals surface area contributed by atoms with Crippen LogP contribution in [0, 0.1) is 0 Å². The topological polar surface area (TPSA) is 54.9 Å². The zero-order valence-electron chi connectivity index (χ0n) is 12.0. The maximum absolute atomic E-state index is 5.61. The van der Waals surface area contributed by atoms with E-state index in [4.69, 9.17) is 9.47 Å². The van der Waals surface area contributed by atoms with Gasteiger partial charge in [-0.1, -0.05) is 15.9 Å². The van der Waals surface area contributed by atoms with E-state index in [1.165, 1.54) is 0 Å². The van der Waals surface area contributed by atoms with Crippen molar-refractivity contribution in [1.82, 2.24) is 10.6 Å². The van der Waals surface area contributed by atoms with Crippen molar-refractivity contribution in [1.29, 1.82) is 0 Å². The van der Waals surface area contributed by atoms with E-state index in [1.807, 2.05) is 24.3 Å². The van der Waals surface area contributed by atoms with Gasteiger partial charge in [0.1, 0.15) is 12.4 Å². The predicted molar refractivity (Wildman–Crippen MR) is 85.5 cm³/mol. The summed E-state index contributed by atoms with van der Waals surface area (Å²) in [6.07, 6.45) is 0.951. The molecule has 0 amide bonds. The molecule has 1 aromatic carbocycles. The largest absolute Gasteiger partial charge is 0.492 e. The van der Waals surface area contributed by atoms with Gasteiger partial charge in [-0.05, 0) is 30.7 Å². The number of guanidine groups is 1. The summed E-state index contributed by atoms with van der Waals surface area (Å²) in [6.45, 7) is 2.86. The Morgan fingerprint density at radius 2 is 1.85 bits per heavy atom. The van der Waals surface area contributed by atoms with E-state index < -0.39 is 0 Å². The second kappa shape index (κ2) is 10.5. The van der Waals surface area contributed by atoms with Crippen molar-refractivity contribution in [3.8, 4) is 5.75 Å². The molecule has 6 heteroatoms. The molecule has 112 valence electrons. The summed E-state index contributed by atoms with van der Waals surface area (Å²) in [5.74, 6) is 1.64. The van der Waals surface area contributed by atoms with Crippen molar-refractivity contribution in [2.75, 3.05) is 40.5 Å². The van der Waals surface area contributed by atoms with E-state index in [0.29, 0.717) is 13.2 Å². The molecule has 0 unspecified atom stereocenters. The number of aliphatic imine (C=N–C) groups is 1. The Hall–Kier alpha value is -1.27. The Morgan fingerprint density at radius 3 is 2.50 bits per heavy atom. The number of nitrogens with zero attached hydrogens (tertiary/aromatic N) is 1. The number of rotatable bonds is 8. The number of nitrogens with one attached hydrogen (secondary N) is 2. The van der Waals surface area contributed by atoms with Crippen molar-refractivity contribution in [2.24, 2.45) is 4.99 Å². The normalized spacial score (nSPS) is 11.2. The molecule has 0 spiro atoms. The van der Waals surface area contributed by atoms with E-state index in [9.17, 15) is 0 Å². The van der Waals surface area contributed by atoms with Crippen LogP contribution in [0.15, 0.2) is 33.7 Å². The number of benzene rings is 1. The molecule has 0 saturated heterocycles. The average molecular weight is 344 g/mol. The van der Waals surface area contributed by atoms with Gasteiger partial charge >= 0.3 is 0 Å². The number of hydrogen-bond donors (Lipinski definition) is 2. The smallest absolute Gasteiger partial charge is 0.191 e. The average Bonchev–Trinajstić information content (AvgIpc) is 2.47. The van der Waals surface area contributed by atoms with Gasteiger partial charge in [0.25, 0.3) is 0 Å². The van der Waals surface area contributed by atoms with Crippen LogP contribution < -0.4 is 15.4 Å². The number of hydrogen-bond acceptors (Lipinski definition) is 3. The van der Waals surface area contributed by atoms with E-state index in [2.05, 4.69) is 31.6 Å². The molecule has 0 heterocycles. The van der Waals surface area contributed by atoms with Crippen LogP contribution in [0.25, 0.3) is 0 Å². The molecule has 1 aromatic rings. The zero-order valence-corrected chi connectivity index (χ0v) is 13.6. The first-order chi connectivity index (χ1) is 9.76. The van der Waals surface area contributed by atoms with Crippen LogP contribution in [0.4, 0.5) is 0 Å². The number of methoxy groups -OCH3 is 1. The summed E-state index contributed by atoms with van der Waals surface area (Å²) in [6, 6.07) is 7.78. The third kappa shape index (κ3) is 7.35. The van der Waals surface area contributed by atoms with Crippen LogP contribution in [0.3, 0.4) is 0 Å². The Kier molecular flexibility index (Phi) is 8.82. The second-order valence-electron chi connectivity index (χ2n) is 4.07. The quantitative estimate of drug-likeness (QED) is 0.430. The van der Waals surface area contributed by atoms with E-state index in [-0.39, 0.29) is 0 Å². The lowest BCUT2D eigenvalue weighted by Gasteiger charge is -2.12. The maximum Gasteiger partial charge on any atom is 0.191 e. The van der Waals surface area contributed by atoms with E-state index >= 15 is 0 Å². The van der Waals surface area contributed by atoms with Crippen molar-refractivity contribution < 1.29 is 9.47 Å². The zero-order chi connectivity index (χ0) is 14.6. The number of halogens is 1. The standard InChI is InChI=1S/C14H22BrN3O2/c1-16-14(17-8-3-10-19-2)18-9-11-20-13-6-4-12(15)5-7-13/h4-7H,3,8-11H2,1-2H3,(H2,16,17,18). The molecular formula is C14H22BrN3O2. The third-order valence-corrected chi connectivity index (χ3v) is 3.05. The molecule has 0 aromatic heterocycles. The molecule has 2 N–H and O–H groups in total. The first-order valence-electron chi connectivity index (χ1n) is 6.58. The fourth-order valence-electron chi connectivity index (χ4n) is 1.51. The molecule has 0 bridgehead atoms. The fraction of sp³-hybridized carbons (Fsp3) is 0.500. The highest BCUT2D eigenvalue weighted by atomic mass is 79.9. The minimum Gasteiger partial charge on any atom is -0.492 e. The predicted octanol–water partition coefficient (Wildman–Crippen LogP) is 2.03. The molecule has 5 nitrogen and oxygen atoms in total. The molecule has 1 rings (SSSR count). The minimum atomic E-state index is 0.584. The third-order valence-electron chi connectivity index (χ3n) is 2.52. The van der Waals surface area contributed by atoms with Crippen molar-refractivity contribution in [2.45, 2.75) is 6.42 Å². The van der Waals surface area contributed by atoms with Gasteiger partial charge in [0.15, 0.2) is 5.96 Å². The second-order valence-corrected chi connectivity index (χ2v) is 4.99. The first kappa shape index (κ1) is 16.8. The van der Waals surface area contributed by atoms with Gasteiger partial charge in [0, 0.05) is 31.8 Å². The highest BCUT2D eigenvalue weighted by Crippen LogP contribution is 2.15. The van der Waals surface area contributed by atoms with Crippen molar-refractivity contribution >= 4 is 21.9 Å². The van der Waals surface area contributed by atoms with Crippen LogP contribution in [0.2, 0.25) is 0 Å². The fourth-order valence-corrected chi connectivity index (χ4v) is 1.78. The van der Waals surface area contributed by atoms with Gasteiger partial charge in [-0.3, -0.25) is 4.99 Å². The van der Waals surface area contributed by atoms with Gasteiger partial charge in [-0.25, -0.2) is 0 Å². The molecule has 0 aliphatic heterocycles. The minimum absolute atomic E-state index is 0.584. The Labute approximate surface area is 128 Å². The van der Waals surface area contributed by atoms with Crippen LogP contribution >= 0.6 is 15.9 Å². The van der Waals surface area contributed by atoms with Crippen molar-refractivity contribution in [3.05, 3.63) is 28.7 Å². The molecule has 0 saturated carbocycles. The Bertz CT molecular complexity index is 396. The van der Waals surface area contributed by atoms with Gasteiger partial charge in [-0.2, -0.15) is 0 Å². The molecule has 0 aliphatic rings. The van der Waals surface area contributed by atoms with Crippen LogP contribution in [0.1, 0.15) is 6.42 Å². The molecule has 0 atom stereocenters. The maximum atomic E-state index is 5.61. The summed E-state index contributed by atoms with van der Waals surface area (Å²) < 4.78 is 11.6. The molecule has 0 fully saturated rings. The SMILES string of the molecule is CN=C(NCCCOC)NCCOc1ccc(Br)cc1. The summed E-state index contributed by atoms with van der Waals surface area (Å²) in [7, 11) is 3.45. The lowest BCUT2D eigenvalue weighted by Crippen LogP contribution is -2.39. The van der Waals surface area contributed by atoms with Crippen molar-refractivity contribution in [3.63, 3.8) is 0 Å². The van der Waals surface area contributed by atoms with Gasteiger partial charge < -0.3 is 20.1 Å². The highest BCUT2D eigenvalue weighted by molar-refractivity contribution is 9.10. The summed E-state index contributed by atoms with van der Waals surface area (Å²) >= 11 is 3.39. The molecular weight excluding hydrogens is 322 g/mol. The Balaban J connectivity index is 2.13. The number of ether oxygens (including phenoxy) is 2. The van der Waals surface area contributed by atoms with Crippen LogP contribution in [-0.4, -0.2) is 46.4 Å². The van der Waals surface area contributed by atoms with E-state index in [1.54, 1.807) is 14.2 Å². The monoisotopic (exact) mass is 343 g/mol. The van der Waals surface area contributed by atoms with Gasteiger partial charge in [0.2, 0.25) is 0 Å². The Morgan fingerprint density at radius 1 is 1.15 bits per heavy atom. The molecule has 0 radical (unpaired) electrons. The van der Waals surface area contributed by atoms with Gasteiger partial charge in [0.05, 0.1) is 6.54 Å². The molecule has 20 heavy (non-hydrogen) atoms. The summed E-state index contributed by atoms with van der Waals surface area (Å²) in [5, 5.41) is 6.40. The lowest BCUT2D eigenvalue weighted by atomic mass is 10.3. The van der Waals surface area contributed by atoms with Crippen LogP contribution in [-0.2, 0) is 4.74 Å². The summed E-state index contributed by atoms with van der Waals surface area (Å²) in [5.41, 5.74) is 0. The summed E-state index contributed by atoms with van der Waals surface area (Å²) in [4.78, 5) is 4.13. The van der Waals surface area contributed by atoms with E-state index in [0.717, 1.165) is 35.8 Å². The van der Waals surface area contributed by atoms with Gasteiger partial charge in [-0.15, -0.1) is 0 Å². The highest BCUT2D eigenvalue weighted by Gasteiger charge is 1.97. The first-order valence-corrected chi connectivity index (χ1v) is 7.37. The van der Waals surface area contributed by atoms with Crippen LogP contribution in [0.5, 0.6) is 5.75 Å².